The third kappa shape index (κ3) is 3.35. The first kappa shape index (κ1) is 12.9. The monoisotopic (exact) mass is 195 g/mol. The van der Waals surface area contributed by atoms with Gasteiger partial charge in [-0.25, -0.2) is 0 Å². The molecule has 1 rings (SSSR count). The third-order valence-electron chi connectivity index (χ3n) is 1.50. The van der Waals surface area contributed by atoms with Crippen molar-refractivity contribution in [1.29, 1.82) is 5.26 Å². The Hall–Kier alpha value is -1.08. The van der Waals surface area contributed by atoms with E-state index in [0.717, 1.165) is 6.08 Å². The van der Waals surface area contributed by atoms with Crippen molar-refractivity contribution in [3.05, 3.63) is 47.7 Å². The van der Waals surface area contributed by atoms with Gasteiger partial charge in [0, 0.05) is 5.56 Å². The van der Waals surface area contributed by atoms with Gasteiger partial charge in [0.2, 0.25) is 0 Å². The molecule has 0 aromatic heterocycles. The van der Waals surface area contributed by atoms with Crippen LogP contribution in [0.5, 0.6) is 0 Å². The molecule has 0 aliphatic rings. The van der Waals surface area contributed by atoms with Gasteiger partial charge in [-0.1, -0.05) is 12.1 Å². The van der Waals surface area contributed by atoms with E-state index >= 15 is 0 Å². The molecule has 0 atom stereocenters. The van der Waals surface area contributed by atoms with Crippen LogP contribution in [-0.2, 0) is 0 Å². The molecule has 64 valence electrons. The molecule has 14 heavy (non-hydrogen) atoms. The topological polar surface area (TPSA) is 63.9 Å². The van der Waals surface area contributed by atoms with Crippen molar-refractivity contribution in [1.82, 2.24) is 0 Å². The molecule has 0 heterocycles. The van der Waals surface area contributed by atoms with Crippen LogP contribution in [0.25, 0.3) is 0 Å². The molecule has 0 spiro atoms. The second kappa shape index (κ2) is 6.39. The second-order valence-electron chi connectivity index (χ2n) is 2.36. The number of hydrogen-bond acceptors (Lipinski definition) is 3. The normalized spacial score (nSPS) is 9.07. The molecule has 0 bridgehead atoms. The number of nitrogens with zero attached hydrogens (tertiary/aromatic N) is 1. The summed E-state index contributed by atoms with van der Waals surface area (Å²) >= 11 is 0. The van der Waals surface area contributed by atoms with Gasteiger partial charge in [0.1, 0.15) is 0 Å². The summed E-state index contributed by atoms with van der Waals surface area (Å²) in [6.07, 6.45) is 1.36. The Labute approximate surface area is 104 Å². The number of carbonyl (C=O) groups is 1. The summed E-state index contributed by atoms with van der Waals surface area (Å²) in [4.78, 5) is 11.1. The summed E-state index contributed by atoms with van der Waals surface area (Å²) < 4.78 is 0. The maximum absolute atomic E-state index is 11.1. The van der Waals surface area contributed by atoms with E-state index in [1.54, 1.807) is 18.2 Å². The molecule has 0 saturated carbocycles. The van der Waals surface area contributed by atoms with Crippen molar-refractivity contribution in [2.75, 3.05) is 0 Å². The largest absolute Gasteiger partial charge is 1.00 e. The fourth-order valence-electron chi connectivity index (χ4n) is 0.900. The van der Waals surface area contributed by atoms with Crippen molar-refractivity contribution in [3.63, 3.8) is 0 Å². The van der Waals surface area contributed by atoms with Crippen molar-refractivity contribution < 1.29 is 39.5 Å². The van der Waals surface area contributed by atoms with Gasteiger partial charge in [-0.15, -0.1) is 6.26 Å². The maximum Gasteiger partial charge on any atom is 1.00 e. The Kier molecular flexibility index (Phi) is 5.89. The van der Waals surface area contributed by atoms with Gasteiger partial charge in [-0.3, -0.25) is 4.79 Å². The summed E-state index contributed by atoms with van der Waals surface area (Å²) in [6, 6.07) is 8.11. The predicted molar refractivity (Wildman–Crippen MR) is 44.6 cm³/mol. The van der Waals surface area contributed by atoms with Crippen LogP contribution in [0.4, 0.5) is 0 Å². The van der Waals surface area contributed by atoms with Crippen molar-refractivity contribution in [3.8, 4) is 6.07 Å². The molecule has 0 radical (unpaired) electrons. The average molecular weight is 195 g/mol. The Morgan fingerprint density at radius 3 is 2.79 bits per heavy atom. The summed E-state index contributed by atoms with van der Waals surface area (Å²) in [5.41, 5.74) is 0.760. The maximum atomic E-state index is 11.1. The van der Waals surface area contributed by atoms with E-state index in [9.17, 15) is 9.90 Å². The summed E-state index contributed by atoms with van der Waals surface area (Å²) in [5.74, 6) is -0.382. The van der Waals surface area contributed by atoms with Crippen LogP contribution in [0.15, 0.2) is 36.6 Å². The smallest absolute Gasteiger partial charge is 0.878 e. The second-order valence-corrected chi connectivity index (χ2v) is 2.36. The van der Waals surface area contributed by atoms with Crippen LogP contribution < -0.4 is 34.7 Å². The molecule has 0 aliphatic carbocycles. The van der Waals surface area contributed by atoms with Crippen molar-refractivity contribution in [2.45, 2.75) is 0 Å². The van der Waals surface area contributed by atoms with Gasteiger partial charge in [0.25, 0.3) is 0 Å². The Morgan fingerprint density at radius 1 is 1.50 bits per heavy atom. The van der Waals surface area contributed by atoms with E-state index < -0.39 is 0 Å². The zero-order valence-electron chi connectivity index (χ0n) is 7.73. The number of allylic oxidation sites excluding steroid dienone is 1. The van der Waals surface area contributed by atoms with E-state index in [1.165, 1.54) is 6.07 Å². The number of ketones is 1. The fraction of sp³-hybridized carbons (Fsp3) is 0. The van der Waals surface area contributed by atoms with E-state index in [2.05, 4.69) is 0 Å². The molecule has 0 fully saturated rings. The minimum absolute atomic E-state index is 0. The summed E-state index contributed by atoms with van der Waals surface area (Å²) in [5, 5.41) is 18.5. The first-order valence-electron chi connectivity index (χ1n) is 3.61. The third-order valence-corrected chi connectivity index (χ3v) is 1.50. The Balaban J connectivity index is 0.00000169. The first-order valence-corrected chi connectivity index (χ1v) is 3.61. The number of hydrogen-bond donors (Lipinski definition) is 0. The summed E-state index contributed by atoms with van der Waals surface area (Å²) in [7, 11) is 0. The van der Waals surface area contributed by atoms with Gasteiger partial charge in [0.05, 0.1) is 11.6 Å². The van der Waals surface area contributed by atoms with Gasteiger partial charge in [-0.2, -0.15) is 5.26 Å². The molecule has 0 unspecified atom stereocenters. The van der Waals surface area contributed by atoms with Crippen LogP contribution in [-0.4, -0.2) is 5.78 Å². The quantitative estimate of drug-likeness (QED) is 0.229. The Bertz CT molecular complexity index is 393. The van der Waals surface area contributed by atoms with E-state index in [4.69, 9.17) is 5.26 Å². The first-order chi connectivity index (χ1) is 6.27. The van der Waals surface area contributed by atoms with Gasteiger partial charge >= 0.3 is 29.6 Å². The molecular formula is C10H6NNaO2. The van der Waals surface area contributed by atoms with Crippen LogP contribution in [0, 0.1) is 11.3 Å². The minimum Gasteiger partial charge on any atom is -0.878 e. The Morgan fingerprint density at radius 2 is 2.21 bits per heavy atom. The number of carbonyl (C=O) groups excluding carboxylic acids is 1. The average Bonchev–Trinajstić information content (AvgIpc) is 2.18. The molecule has 0 saturated heterocycles. The van der Waals surface area contributed by atoms with Gasteiger partial charge in [0.15, 0.2) is 5.78 Å². The van der Waals surface area contributed by atoms with Gasteiger partial charge in [-0.05, 0) is 18.2 Å². The number of benzene rings is 1. The fourth-order valence-corrected chi connectivity index (χ4v) is 0.900. The van der Waals surface area contributed by atoms with Crippen LogP contribution in [0.3, 0.4) is 0 Å². The van der Waals surface area contributed by atoms with Crippen molar-refractivity contribution in [2.24, 2.45) is 0 Å². The standard InChI is InChI=1S/C10H7NO2.Na/c11-7-8-2-1-3-9(6-8)10(13)4-5-12;/h1-6,12H;/q;+1/p-1/b5-4+;. The van der Waals surface area contributed by atoms with Crippen molar-refractivity contribution >= 4 is 5.78 Å². The minimum atomic E-state index is -0.382. The SMILES string of the molecule is N#Cc1cccc(C(=O)/C=C/[O-])c1.[Na+]. The molecule has 1 aromatic carbocycles. The molecule has 3 nitrogen and oxygen atoms in total. The number of nitriles is 1. The summed E-state index contributed by atoms with van der Waals surface area (Å²) in [6.45, 7) is 0. The molecular weight excluding hydrogens is 189 g/mol. The zero-order valence-corrected chi connectivity index (χ0v) is 9.73. The van der Waals surface area contributed by atoms with E-state index in [-0.39, 0.29) is 35.3 Å². The predicted octanol–water partition coefficient (Wildman–Crippen LogP) is -2.38. The molecule has 0 aliphatic heterocycles. The zero-order chi connectivity index (χ0) is 9.68. The van der Waals surface area contributed by atoms with Crippen LogP contribution >= 0.6 is 0 Å². The van der Waals surface area contributed by atoms with E-state index in [0.29, 0.717) is 17.4 Å². The van der Waals surface area contributed by atoms with Gasteiger partial charge < -0.3 is 5.11 Å². The number of rotatable bonds is 2. The van der Waals surface area contributed by atoms with Crippen LogP contribution in [0.2, 0.25) is 0 Å². The molecule has 1 aromatic rings. The molecule has 0 amide bonds. The van der Waals surface area contributed by atoms with E-state index in [1.807, 2.05) is 6.07 Å². The molecule has 4 heteroatoms. The van der Waals surface area contributed by atoms with Crippen LogP contribution in [0.1, 0.15) is 15.9 Å². The molecule has 0 N–H and O–H groups in total.